The summed E-state index contributed by atoms with van der Waals surface area (Å²) in [5.74, 6) is -1.44. The highest BCUT2D eigenvalue weighted by atomic mass is 31.2. The standard InChI is InChI=1S/C64H124O17P2/c1-6-9-12-15-18-21-23-25-27-29-34-39-44-49-63(68)80-59(54-75-62(67)48-43-38-33-28-26-24-22-19-16-13-10-7-2)55-78-82(70,71)76-51-58(65)52-77-83(72,73)79-56-60(53-74-61(66)47-42-37-32-20-17-14-11-8-3)81-64(69)50-45-40-35-30-31-36-41-46-57(4)5/h57-60,65H,6-56H2,1-5H3,(H,70,71)(H,72,73)/t58-,59-,60-/m1/s1. The normalized spacial score (nSPS) is 14.2. The topological polar surface area (TPSA) is 237 Å². The predicted molar refractivity (Wildman–Crippen MR) is 331 cm³/mol. The maximum atomic E-state index is 13.0. The SMILES string of the molecule is CCCCCCCCCCCCCCCC(=O)O[C@H](COC(=O)CCCCCCCCCCCCCC)COP(=O)(O)OC[C@@H](O)COP(=O)(O)OC[C@@H](COC(=O)CCCCCCCCCC)OC(=O)CCCCCCCCCC(C)C. The Kier molecular flexibility index (Phi) is 56.4. The summed E-state index contributed by atoms with van der Waals surface area (Å²) >= 11 is 0. The lowest BCUT2D eigenvalue weighted by molar-refractivity contribution is -0.161. The van der Waals surface area contributed by atoms with E-state index >= 15 is 0 Å². The first kappa shape index (κ1) is 81.1. The van der Waals surface area contributed by atoms with Crippen molar-refractivity contribution >= 4 is 39.5 Å². The Morgan fingerprint density at radius 3 is 0.819 bits per heavy atom. The van der Waals surface area contributed by atoms with E-state index in [2.05, 4.69) is 34.6 Å². The lowest BCUT2D eigenvalue weighted by Crippen LogP contribution is -2.30. The van der Waals surface area contributed by atoms with Crippen LogP contribution in [0.5, 0.6) is 0 Å². The molecule has 0 fully saturated rings. The number of unbranched alkanes of at least 4 members (excludes halogenated alkanes) is 36. The van der Waals surface area contributed by atoms with Crippen LogP contribution >= 0.6 is 15.6 Å². The van der Waals surface area contributed by atoms with Crippen LogP contribution in [0.15, 0.2) is 0 Å². The predicted octanol–water partition coefficient (Wildman–Crippen LogP) is 17.8. The monoisotopic (exact) mass is 1230 g/mol. The molecule has 0 saturated heterocycles. The average Bonchev–Trinajstić information content (AvgIpc) is 3.49. The number of rotatable bonds is 64. The second-order valence-electron chi connectivity index (χ2n) is 23.6. The summed E-state index contributed by atoms with van der Waals surface area (Å²) in [6.45, 7) is 7.11. The minimum Gasteiger partial charge on any atom is -0.462 e. The fraction of sp³-hybridized carbons (Fsp3) is 0.938. The van der Waals surface area contributed by atoms with Crippen LogP contribution in [0, 0.1) is 5.92 Å². The number of hydrogen-bond donors (Lipinski definition) is 3. The van der Waals surface area contributed by atoms with Crippen LogP contribution in [-0.2, 0) is 65.4 Å². The van der Waals surface area contributed by atoms with E-state index < -0.39 is 97.5 Å². The number of ether oxygens (including phenoxy) is 4. The summed E-state index contributed by atoms with van der Waals surface area (Å²) in [6.07, 6.45) is 41.7. The molecule has 0 rings (SSSR count). The lowest BCUT2D eigenvalue weighted by atomic mass is 10.0. The first-order valence-corrected chi connectivity index (χ1v) is 36.6. The van der Waals surface area contributed by atoms with Crippen molar-refractivity contribution in [1.29, 1.82) is 0 Å². The second-order valence-corrected chi connectivity index (χ2v) is 26.5. The number of aliphatic hydroxyl groups excluding tert-OH is 1. The fourth-order valence-electron chi connectivity index (χ4n) is 9.58. The zero-order valence-corrected chi connectivity index (χ0v) is 55.1. The van der Waals surface area contributed by atoms with Gasteiger partial charge in [-0.05, 0) is 31.6 Å². The first-order valence-electron chi connectivity index (χ1n) is 33.6. The summed E-state index contributed by atoms with van der Waals surface area (Å²) in [5.41, 5.74) is 0. The van der Waals surface area contributed by atoms with Gasteiger partial charge in [-0.15, -0.1) is 0 Å². The third-order valence-corrected chi connectivity index (χ3v) is 16.7. The van der Waals surface area contributed by atoms with E-state index in [0.717, 1.165) is 96.3 Å². The molecule has 0 amide bonds. The van der Waals surface area contributed by atoms with Crippen molar-refractivity contribution in [3.05, 3.63) is 0 Å². The molecule has 19 heteroatoms. The van der Waals surface area contributed by atoms with Gasteiger partial charge in [0.05, 0.1) is 26.4 Å². The second kappa shape index (κ2) is 57.8. The van der Waals surface area contributed by atoms with Gasteiger partial charge < -0.3 is 33.8 Å². The molecule has 0 aromatic carbocycles. The number of aliphatic hydroxyl groups is 1. The molecule has 0 radical (unpaired) electrons. The summed E-state index contributed by atoms with van der Waals surface area (Å²) in [6, 6.07) is 0. The summed E-state index contributed by atoms with van der Waals surface area (Å²) in [7, 11) is -9.88. The highest BCUT2D eigenvalue weighted by Gasteiger charge is 2.30. The number of hydrogen-bond acceptors (Lipinski definition) is 15. The highest BCUT2D eigenvalue weighted by Crippen LogP contribution is 2.45. The molecule has 0 aliphatic rings. The molecule has 5 atom stereocenters. The van der Waals surface area contributed by atoms with E-state index in [1.807, 2.05) is 0 Å². The maximum Gasteiger partial charge on any atom is 0.472 e. The largest absolute Gasteiger partial charge is 0.472 e. The van der Waals surface area contributed by atoms with Gasteiger partial charge >= 0.3 is 39.5 Å². The van der Waals surface area contributed by atoms with Crippen LogP contribution in [0.2, 0.25) is 0 Å². The van der Waals surface area contributed by atoms with Gasteiger partial charge in [-0.3, -0.25) is 37.3 Å². The molecule has 0 saturated carbocycles. The Bertz CT molecular complexity index is 1620. The average molecular weight is 1230 g/mol. The smallest absolute Gasteiger partial charge is 0.462 e. The van der Waals surface area contributed by atoms with Gasteiger partial charge in [0, 0.05) is 25.7 Å². The van der Waals surface area contributed by atoms with Crippen molar-refractivity contribution < 1.29 is 80.2 Å². The van der Waals surface area contributed by atoms with E-state index in [1.54, 1.807) is 0 Å². The van der Waals surface area contributed by atoms with Crippen molar-refractivity contribution in [1.82, 2.24) is 0 Å². The Morgan fingerprint density at radius 2 is 0.554 bits per heavy atom. The van der Waals surface area contributed by atoms with Gasteiger partial charge in [0.15, 0.2) is 12.2 Å². The number of carbonyl (C=O) groups excluding carboxylic acids is 4. The van der Waals surface area contributed by atoms with Crippen molar-refractivity contribution in [3.8, 4) is 0 Å². The highest BCUT2D eigenvalue weighted by molar-refractivity contribution is 7.47. The summed E-state index contributed by atoms with van der Waals surface area (Å²) in [4.78, 5) is 72.1. The molecule has 0 aliphatic heterocycles. The molecule has 0 heterocycles. The molecule has 0 aromatic rings. The van der Waals surface area contributed by atoms with Crippen LogP contribution in [0.1, 0.15) is 324 Å². The van der Waals surface area contributed by atoms with E-state index in [-0.39, 0.29) is 25.7 Å². The quantitative estimate of drug-likeness (QED) is 0.0222. The van der Waals surface area contributed by atoms with Crippen LogP contribution in [-0.4, -0.2) is 96.7 Å². The minimum absolute atomic E-state index is 0.103. The Morgan fingerprint density at radius 1 is 0.325 bits per heavy atom. The molecule has 0 aliphatic carbocycles. The van der Waals surface area contributed by atoms with Gasteiger partial charge in [0.1, 0.15) is 19.3 Å². The molecule has 2 unspecified atom stereocenters. The van der Waals surface area contributed by atoms with Crippen LogP contribution in [0.3, 0.4) is 0 Å². The van der Waals surface area contributed by atoms with Crippen LogP contribution in [0.4, 0.5) is 0 Å². The molecule has 3 N–H and O–H groups in total. The van der Waals surface area contributed by atoms with Gasteiger partial charge in [0.2, 0.25) is 0 Å². The zero-order valence-electron chi connectivity index (χ0n) is 53.3. The maximum absolute atomic E-state index is 13.0. The van der Waals surface area contributed by atoms with Gasteiger partial charge in [0.25, 0.3) is 0 Å². The molecule has 83 heavy (non-hydrogen) atoms. The number of esters is 4. The number of carbonyl (C=O) groups is 4. The Hall–Kier alpha value is -1.94. The van der Waals surface area contributed by atoms with Crippen molar-refractivity contribution in [2.45, 2.75) is 342 Å². The van der Waals surface area contributed by atoms with Gasteiger partial charge in [-0.25, -0.2) is 9.13 Å². The third-order valence-electron chi connectivity index (χ3n) is 14.8. The Balaban J connectivity index is 5.23. The number of phosphoric ester groups is 2. The van der Waals surface area contributed by atoms with E-state index in [1.165, 1.54) is 141 Å². The molecule has 0 bridgehead atoms. The van der Waals surface area contributed by atoms with Crippen LogP contribution < -0.4 is 0 Å². The number of phosphoric acid groups is 2. The van der Waals surface area contributed by atoms with Gasteiger partial charge in [-0.2, -0.15) is 0 Å². The molecule has 0 aromatic heterocycles. The minimum atomic E-state index is -4.94. The van der Waals surface area contributed by atoms with Crippen LogP contribution in [0.25, 0.3) is 0 Å². The van der Waals surface area contributed by atoms with E-state index in [4.69, 9.17) is 37.0 Å². The fourth-order valence-corrected chi connectivity index (χ4v) is 11.2. The third kappa shape index (κ3) is 58.8. The zero-order chi connectivity index (χ0) is 61.3. The summed E-state index contributed by atoms with van der Waals surface area (Å²) < 4.78 is 67.9. The van der Waals surface area contributed by atoms with E-state index in [9.17, 15) is 43.2 Å². The lowest BCUT2D eigenvalue weighted by Gasteiger charge is -2.21. The molecule has 0 spiro atoms. The summed E-state index contributed by atoms with van der Waals surface area (Å²) in [5, 5.41) is 10.5. The molecular weight excluding hydrogens is 1100 g/mol. The molecular formula is C64H124O17P2. The first-order chi connectivity index (χ1) is 40.0. The molecule has 492 valence electrons. The van der Waals surface area contributed by atoms with Gasteiger partial charge in [-0.1, -0.05) is 272 Å². The van der Waals surface area contributed by atoms with Crippen molar-refractivity contribution in [2.24, 2.45) is 5.92 Å². The van der Waals surface area contributed by atoms with Crippen molar-refractivity contribution in [3.63, 3.8) is 0 Å². The van der Waals surface area contributed by atoms with Crippen molar-refractivity contribution in [2.75, 3.05) is 39.6 Å². The Labute approximate surface area is 505 Å². The molecule has 17 nitrogen and oxygen atoms in total. The van der Waals surface area contributed by atoms with E-state index in [0.29, 0.717) is 31.6 Å².